The topological polar surface area (TPSA) is 74.6 Å². The highest BCUT2D eigenvalue weighted by atomic mass is 16.4. The van der Waals surface area contributed by atoms with Crippen molar-refractivity contribution in [3.63, 3.8) is 0 Å². The maximum absolute atomic E-state index is 11.7. The first-order valence-corrected chi connectivity index (χ1v) is 16.9. The van der Waals surface area contributed by atoms with Gasteiger partial charge in [-0.3, -0.25) is 9.59 Å². The molecule has 4 nitrogen and oxygen atoms in total. The average Bonchev–Trinajstić information content (AvgIpc) is 3.22. The zero-order valence-corrected chi connectivity index (χ0v) is 25.7. The minimum absolute atomic E-state index is 0.103. The Morgan fingerprint density at radius 1 is 0.875 bits per heavy atom. The minimum atomic E-state index is -0.902. The van der Waals surface area contributed by atoms with E-state index < -0.39 is 11.6 Å². The van der Waals surface area contributed by atoms with Crippen LogP contribution < -0.4 is 0 Å². The standard InChI is InChI=1S/C20H26O2.C16H32O2/c1-3-20(22)11-9-18-17-6-4-13-12-14(21)5-7-15(13)16(17)8-10-19(18,20)2;1-2-3-4-5-6-7-8-9-10-11-12-13-14-15-16(17)18/h1,12,15-18,22H,4-11H2,2H3;2-15H2,1H3,(H,17,18)/t15-,16+,17+,18-,19-,20-;/m0./s1. The van der Waals surface area contributed by atoms with Crippen molar-refractivity contribution in [2.75, 3.05) is 0 Å². The fourth-order valence-electron chi connectivity index (χ4n) is 8.73. The van der Waals surface area contributed by atoms with Gasteiger partial charge in [0.1, 0.15) is 5.60 Å². The summed E-state index contributed by atoms with van der Waals surface area (Å²) in [4.78, 5) is 22.0. The SMILES string of the molecule is C#C[C@]1(O)CC[C@H]2[C@@H]3CCC4=CC(=O)CC[C@@H]4[C@H]3CC[C@@]21C.CCCCCCCCCCCCCCCC(=O)O. The molecule has 0 aromatic rings. The molecule has 0 unspecified atom stereocenters. The second-order valence-corrected chi connectivity index (χ2v) is 13.7. The van der Waals surface area contributed by atoms with E-state index in [9.17, 15) is 14.7 Å². The second kappa shape index (κ2) is 16.1. The summed E-state index contributed by atoms with van der Waals surface area (Å²) in [6.07, 6.45) is 33.0. The molecule has 0 spiro atoms. The highest BCUT2D eigenvalue weighted by Crippen LogP contribution is 2.64. The Hall–Kier alpha value is -1.60. The number of carboxylic acids is 1. The molecular weight excluding hydrogens is 496 g/mol. The molecule has 4 heteroatoms. The maximum Gasteiger partial charge on any atom is 0.303 e. The summed E-state index contributed by atoms with van der Waals surface area (Å²) in [5, 5.41) is 19.4. The van der Waals surface area contributed by atoms with E-state index in [0.29, 0.717) is 35.9 Å². The van der Waals surface area contributed by atoms with Gasteiger partial charge in [0, 0.05) is 18.3 Å². The number of carbonyl (C=O) groups is 2. The third-order valence-corrected chi connectivity index (χ3v) is 11.2. The highest BCUT2D eigenvalue weighted by molar-refractivity contribution is 5.91. The molecule has 4 aliphatic rings. The molecule has 4 aliphatic carbocycles. The Balaban J connectivity index is 0.000000227. The van der Waals surface area contributed by atoms with Crippen molar-refractivity contribution in [2.45, 2.75) is 161 Å². The molecule has 6 atom stereocenters. The summed E-state index contributed by atoms with van der Waals surface area (Å²) in [7, 11) is 0. The molecule has 3 fully saturated rings. The molecule has 0 radical (unpaired) electrons. The van der Waals surface area contributed by atoms with E-state index >= 15 is 0 Å². The van der Waals surface area contributed by atoms with Crippen LogP contribution >= 0.6 is 0 Å². The van der Waals surface area contributed by atoms with Gasteiger partial charge in [-0.05, 0) is 81.1 Å². The number of carbonyl (C=O) groups excluding carboxylic acids is 1. The molecule has 4 rings (SSSR count). The zero-order chi connectivity index (χ0) is 29.0. The zero-order valence-electron chi connectivity index (χ0n) is 25.7. The second-order valence-electron chi connectivity index (χ2n) is 13.7. The highest BCUT2D eigenvalue weighted by Gasteiger charge is 2.61. The van der Waals surface area contributed by atoms with Gasteiger partial charge in [-0.2, -0.15) is 0 Å². The van der Waals surface area contributed by atoms with Gasteiger partial charge in [-0.15, -0.1) is 6.42 Å². The van der Waals surface area contributed by atoms with Crippen molar-refractivity contribution in [3.05, 3.63) is 11.6 Å². The van der Waals surface area contributed by atoms with Crippen LogP contribution in [0.3, 0.4) is 0 Å². The van der Waals surface area contributed by atoms with Crippen molar-refractivity contribution < 1.29 is 19.8 Å². The fourth-order valence-corrected chi connectivity index (χ4v) is 8.73. The van der Waals surface area contributed by atoms with Crippen molar-refractivity contribution in [1.82, 2.24) is 0 Å². The van der Waals surface area contributed by atoms with E-state index in [2.05, 4.69) is 19.8 Å². The molecule has 0 aliphatic heterocycles. The smallest absolute Gasteiger partial charge is 0.303 e. The number of hydrogen-bond acceptors (Lipinski definition) is 3. The predicted molar refractivity (Wildman–Crippen MR) is 164 cm³/mol. The molecule has 3 saturated carbocycles. The summed E-state index contributed by atoms with van der Waals surface area (Å²) in [5.74, 6) is 5.00. The number of carboxylic acid groups (broad SMARTS) is 1. The first-order valence-electron chi connectivity index (χ1n) is 16.9. The van der Waals surface area contributed by atoms with Crippen molar-refractivity contribution in [1.29, 1.82) is 0 Å². The average molecular weight is 555 g/mol. The monoisotopic (exact) mass is 554 g/mol. The lowest BCUT2D eigenvalue weighted by molar-refractivity contribution is -0.137. The third-order valence-electron chi connectivity index (χ3n) is 11.2. The molecule has 40 heavy (non-hydrogen) atoms. The van der Waals surface area contributed by atoms with Crippen LogP contribution in [-0.4, -0.2) is 27.6 Å². The van der Waals surface area contributed by atoms with Crippen LogP contribution in [0.15, 0.2) is 11.6 Å². The van der Waals surface area contributed by atoms with E-state index in [1.807, 2.05) is 6.08 Å². The van der Waals surface area contributed by atoms with E-state index in [0.717, 1.165) is 57.8 Å². The first-order chi connectivity index (χ1) is 19.3. The first kappa shape index (κ1) is 32.9. The Kier molecular flexibility index (Phi) is 13.3. The lowest BCUT2D eigenvalue weighted by Crippen LogP contribution is -2.52. The molecular formula is C36H58O4. The molecule has 0 aromatic carbocycles. The fraction of sp³-hybridized carbons (Fsp3) is 0.833. The van der Waals surface area contributed by atoms with Gasteiger partial charge in [0.25, 0.3) is 0 Å². The Bertz CT molecular complexity index is 884. The van der Waals surface area contributed by atoms with Gasteiger partial charge in [0.05, 0.1) is 0 Å². The molecule has 0 saturated heterocycles. The van der Waals surface area contributed by atoms with Crippen molar-refractivity contribution in [3.8, 4) is 12.3 Å². The van der Waals surface area contributed by atoms with Crippen LogP contribution in [0.25, 0.3) is 0 Å². The predicted octanol–water partition coefficient (Wildman–Crippen LogP) is 9.04. The summed E-state index contributed by atoms with van der Waals surface area (Å²) in [5.41, 5.74) is 0.418. The third kappa shape index (κ3) is 8.47. The van der Waals surface area contributed by atoms with Crippen LogP contribution in [0.5, 0.6) is 0 Å². The number of aliphatic carboxylic acids is 1. The van der Waals surface area contributed by atoms with E-state index in [4.69, 9.17) is 11.5 Å². The Labute approximate surface area is 245 Å². The lowest BCUT2D eigenvalue weighted by atomic mass is 9.50. The summed E-state index contributed by atoms with van der Waals surface area (Å²) < 4.78 is 0. The van der Waals surface area contributed by atoms with Gasteiger partial charge in [-0.25, -0.2) is 0 Å². The van der Waals surface area contributed by atoms with Crippen LogP contribution in [0.4, 0.5) is 0 Å². The van der Waals surface area contributed by atoms with E-state index in [1.54, 1.807) is 0 Å². The number of allylic oxidation sites excluding steroid dienone is 1. The quantitative estimate of drug-likeness (QED) is 0.166. The normalized spacial score (nSPS) is 32.5. The molecule has 2 N–H and O–H groups in total. The number of hydrogen-bond donors (Lipinski definition) is 2. The van der Waals surface area contributed by atoms with E-state index in [-0.39, 0.29) is 5.41 Å². The lowest BCUT2D eigenvalue weighted by Gasteiger charge is -2.54. The van der Waals surface area contributed by atoms with Gasteiger partial charge < -0.3 is 10.2 Å². The molecule has 0 heterocycles. The summed E-state index contributed by atoms with van der Waals surface area (Å²) in [6, 6.07) is 0. The number of unbranched alkanes of at least 4 members (excludes halogenated alkanes) is 12. The Morgan fingerprint density at radius 3 is 2.05 bits per heavy atom. The summed E-state index contributed by atoms with van der Waals surface area (Å²) >= 11 is 0. The van der Waals surface area contributed by atoms with Gasteiger partial charge in [0.15, 0.2) is 5.78 Å². The number of aliphatic hydroxyl groups is 1. The number of fused-ring (bicyclic) bond motifs is 5. The van der Waals surface area contributed by atoms with Crippen LogP contribution in [-0.2, 0) is 9.59 Å². The van der Waals surface area contributed by atoms with Gasteiger partial charge >= 0.3 is 5.97 Å². The summed E-state index contributed by atoms with van der Waals surface area (Å²) in [6.45, 7) is 4.49. The molecule has 0 amide bonds. The van der Waals surface area contributed by atoms with Crippen molar-refractivity contribution >= 4 is 11.8 Å². The van der Waals surface area contributed by atoms with Crippen LogP contribution in [0, 0.1) is 41.4 Å². The molecule has 0 bridgehead atoms. The van der Waals surface area contributed by atoms with Gasteiger partial charge in [0.2, 0.25) is 0 Å². The van der Waals surface area contributed by atoms with E-state index in [1.165, 1.54) is 82.6 Å². The van der Waals surface area contributed by atoms with Crippen LogP contribution in [0.1, 0.15) is 155 Å². The molecule has 0 aromatic heterocycles. The maximum atomic E-state index is 11.7. The number of terminal acetylenes is 1. The van der Waals surface area contributed by atoms with Crippen LogP contribution in [0.2, 0.25) is 0 Å². The largest absolute Gasteiger partial charge is 0.481 e. The Morgan fingerprint density at radius 2 is 1.48 bits per heavy atom. The van der Waals surface area contributed by atoms with Gasteiger partial charge in [-0.1, -0.05) is 102 Å². The minimum Gasteiger partial charge on any atom is -0.481 e. The van der Waals surface area contributed by atoms with Crippen molar-refractivity contribution in [2.24, 2.45) is 29.1 Å². The number of ketones is 1. The molecule has 226 valence electrons. The number of rotatable bonds is 14.